The van der Waals surface area contributed by atoms with E-state index in [1.165, 1.54) is 32.2 Å². The number of alkyl halides is 3. The Kier molecular flexibility index (Phi) is 7.93. The summed E-state index contributed by atoms with van der Waals surface area (Å²) in [5.41, 5.74) is 0.599. The number of carbonyl (C=O) groups is 4. The highest BCUT2D eigenvalue weighted by Crippen LogP contribution is 2.32. The van der Waals surface area contributed by atoms with Gasteiger partial charge in [0.2, 0.25) is 23.6 Å². The Hall–Kier alpha value is -4.35. The van der Waals surface area contributed by atoms with Crippen LogP contribution in [-0.2, 0) is 38.3 Å². The number of hydrogen-bond donors (Lipinski definition) is 3. The van der Waals surface area contributed by atoms with Crippen LogP contribution in [-0.4, -0.2) is 70.6 Å². The Morgan fingerprint density at radius 2 is 1.79 bits per heavy atom. The van der Waals surface area contributed by atoms with Crippen LogP contribution in [0.25, 0.3) is 10.9 Å². The van der Waals surface area contributed by atoms with Gasteiger partial charge in [0.15, 0.2) is 0 Å². The lowest BCUT2D eigenvalue weighted by Crippen LogP contribution is -2.59. The highest BCUT2D eigenvalue weighted by molar-refractivity contribution is 5.97. The largest absolute Gasteiger partial charge is 0.416 e. The zero-order valence-corrected chi connectivity index (χ0v) is 21.3. The van der Waals surface area contributed by atoms with E-state index in [4.69, 9.17) is 0 Å². The average molecular weight is 544 g/mol. The fourth-order valence-electron chi connectivity index (χ4n) is 4.68. The first-order valence-corrected chi connectivity index (χ1v) is 12.3. The maximum absolute atomic E-state index is 13.5. The Morgan fingerprint density at radius 3 is 2.54 bits per heavy atom. The molecule has 9 nitrogen and oxygen atoms in total. The van der Waals surface area contributed by atoms with Crippen LogP contribution in [0, 0.1) is 0 Å². The van der Waals surface area contributed by atoms with Crippen LogP contribution in [0.3, 0.4) is 0 Å². The molecule has 3 aromatic rings. The number of likely N-dealkylation sites (N-methyl/N-ethyl adjacent to an activating group) is 1. The maximum atomic E-state index is 13.5. The second kappa shape index (κ2) is 11.2. The quantitative estimate of drug-likeness (QED) is 0.404. The monoisotopic (exact) mass is 543 g/mol. The van der Waals surface area contributed by atoms with Gasteiger partial charge in [-0.3, -0.25) is 19.2 Å². The second-order valence-corrected chi connectivity index (χ2v) is 9.52. The molecule has 2 atom stereocenters. The van der Waals surface area contributed by atoms with Crippen molar-refractivity contribution in [1.29, 1.82) is 0 Å². The van der Waals surface area contributed by atoms with Gasteiger partial charge in [-0.15, -0.1) is 0 Å². The maximum Gasteiger partial charge on any atom is 0.416 e. The van der Waals surface area contributed by atoms with Gasteiger partial charge >= 0.3 is 6.18 Å². The van der Waals surface area contributed by atoms with E-state index in [1.54, 1.807) is 6.20 Å². The molecule has 1 aliphatic rings. The average Bonchev–Trinajstić information content (AvgIpc) is 3.28. The molecule has 39 heavy (non-hydrogen) atoms. The van der Waals surface area contributed by atoms with Crippen molar-refractivity contribution in [1.82, 2.24) is 25.4 Å². The summed E-state index contributed by atoms with van der Waals surface area (Å²) in [5.74, 6) is -2.14. The van der Waals surface area contributed by atoms with Crippen molar-refractivity contribution in [2.45, 2.75) is 38.1 Å². The van der Waals surface area contributed by atoms with Gasteiger partial charge in [-0.05, 0) is 30.2 Å². The van der Waals surface area contributed by atoms with Crippen LogP contribution in [0.15, 0.2) is 54.7 Å². The zero-order chi connectivity index (χ0) is 28.3. The molecule has 2 heterocycles. The van der Waals surface area contributed by atoms with Gasteiger partial charge < -0.3 is 25.4 Å². The van der Waals surface area contributed by atoms with Crippen LogP contribution in [0.2, 0.25) is 0 Å². The van der Waals surface area contributed by atoms with Gasteiger partial charge in [-0.25, -0.2) is 0 Å². The third-order valence-electron chi connectivity index (χ3n) is 6.57. The van der Waals surface area contributed by atoms with Crippen LogP contribution < -0.4 is 10.6 Å². The Labute approximate surface area is 222 Å². The predicted molar refractivity (Wildman–Crippen MR) is 136 cm³/mol. The summed E-state index contributed by atoms with van der Waals surface area (Å²) in [6.45, 7) is 0.416. The second-order valence-electron chi connectivity index (χ2n) is 9.52. The molecule has 1 aromatic heterocycles. The molecule has 4 rings (SSSR count). The summed E-state index contributed by atoms with van der Waals surface area (Å²) in [4.78, 5) is 56.1. The molecule has 0 aliphatic carbocycles. The molecule has 206 valence electrons. The van der Waals surface area contributed by atoms with E-state index in [-0.39, 0.29) is 25.1 Å². The topological polar surface area (TPSA) is 115 Å². The van der Waals surface area contributed by atoms with E-state index < -0.39 is 54.0 Å². The predicted octanol–water partition coefficient (Wildman–Crippen LogP) is 2.22. The number of nitrogens with zero attached hydrogens (tertiary/aromatic N) is 2. The van der Waals surface area contributed by atoms with Crippen molar-refractivity contribution in [3.63, 3.8) is 0 Å². The Bertz CT molecular complexity index is 1400. The number of hydrogen-bond acceptors (Lipinski definition) is 4. The first kappa shape index (κ1) is 27.7. The number of rotatable bonds is 8. The molecule has 3 N–H and O–H groups in total. The SMILES string of the molecule is CC1NC(=O)CN(CC(=O)NC(Cc2c[nH]c3ccccc23)C(=O)N(C)Cc2ccccc2C(F)(F)F)C1=O. The number of benzene rings is 2. The van der Waals surface area contributed by atoms with Gasteiger partial charge in [0, 0.05) is 37.1 Å². The lowest BCUT2D eigenvalue weighted by atomic mass is 10.0. The molecule has 2 aromatic carbocycles. The summed E-state index contributed by atoms with van der Waals surface area (Å²) >= 11 is 0. The van der Waals surface area contributed by atoms with Crippen LogP contribution in [0.4, 0.5) is 13.2 Å². The van der Waals surface area contributed by atoms with Crippen molar-refractivity contribution in [3.8, 4) is 0 Å². The number of carbonyl (C=O) groups excluding carboxylic acids is 4. The number of aromatic nitrogens is 1. The van der Waals surface area contributed by atoms with Crippen LogP contribution >= 0.6 is 0 Å². The molecule has 0 saturated carbocycles. The third kappa shape index (κ3) is 6.39. The lowest BCUT2D eigenvalue weighted by molar-refractivity contribution is -0.146. The lowest BCUT2D eigenvalue weighted by Gasteiger charge is -2.31. The number of nitrogens with one attached hydrogen (secondary N) is 3. The van der Waals surface area contributed by atoms with E-state index in [1.807, 2.05) is 24.3 Å². The highest BCUT2D eigenvalue weighted by atomic mass is 19.4. The van der Waals surface area contributed by atoms with E-state index >= 15 is 0 Å². The number of para-hydroxylation sites is 1. The summed E-state index contributed by atoms with van der Waals surface area (Å²) < 4.78 is 40.5. The van der Waals surface area contributed by atoms with Crippen LogP contribution in [0.1, 0.15) is 23.6 Å². The molecule has 0 spiro atoms. The number of amides is 4. The molecular weight excluding hydrogens is 515 g/mol. The van der Waals surface area contributed by atoms with Gasteiger partial charge in [0.25, 0.3) is 0 Å². The molecule has 0 radical (unpaired) electrons. The summed E-state index contributed by atoms with van der Waals surface area (Å²) in [7, 11) is 1.37. The van der Waals surface area contributed by atoms with Crippen molar-refractivity contribution < 1.29 is 32.3 Å². The fourth-order valence-corrected chi connectivity index (χ4v) is 4.68. The van der Waals surface area contributed by atoms with Gasteiger partial charge in [-0.1, -0.05) is 36.4 Å². The van der Waals surface area contributed by atoms with E-state index in [9.17, 15) is 32.3 Å². The number of H-pyrrole nitrogens is 1. The molecule has 1 aliphatic heterocycles. The molecular formula is C27H28F3N5O4. The molecule has 12 heteroatoms. The van der Waals surface area contributed by atoms with E-state index in [0.717, 1.165) is 32.3 Å². The van der Waals surface area contributed by atoms with Crippen molar-refractivity contribution in [3.05, 3.63) is 71.4 Å². The normalized spacial score (nSPS) is 16.6. The van der Waals surface area contributed by atoms with Crippen molar-refractivity contribution >= 4 is 34.5 Å². The summed E-state index contributed by atoms with van der Waals surface area (Å²) in [6, 6.07) is 10.4. The van der Waals surface area contributed by atoms with Crippen molar-refractivity contribution in [2.24, 2.45) is 0 Å². The standard InChI is InChI=1S/C27H28F3N5O4/c1-16-25(38)35(14-23(36)32-16)15-24(37)33-22(11-18-12-31-21-10-6-4-8-19(18)21)26(39)34(2)13-17-7-3-5-9-20(17)27(28,29)30/h3-10,12,16,22,31H,11,13-15H2,1-2H3,(H,32,36)(H,33,37). The first-order valence-electron chi connectivity index (χ1n) is 12.3. The molecule has 1 fully saturated rings. The van der Waals surface area contributed by atoms with E-state index in [2.05, 4.69) is 15.6 Å². The molecule has 2 unspecified atom stereocenters. The number of piperazine rings is 1. The van der Waals surface area contributed by atoms with Gasteiger partial charge in [0.05, 0.1) is 5.56 Å². The smallest absolute Gasteiger partial charge is 0.361 e. The summed E-state index contributed by atoms with van der Waals surface area (Å²) in [5, 5.41) is 5.95. The minimum absolute atomic E-state index is 0.0463. The highest BCUT2D eigenvalue weighted by Gasteiger charge is 2.35. The van der Waals surface area contributed by atoms with Crippen molar-refractivity contribution in [2.75, 3.05) is 20.1 Å². The molecule has 0 bridgehead atoms. The minimum atomic E-state index is -4.59. The fraction of sp³-hybridized carbons (Fsp3) is 0.333. The number of fused-ring (bicyclic) bond motifs is 1. The molecule has 1 saturated heterocycles. The third-order valence-corrected chi connectivity index (χ3v) is 6.57. The van der Waals surface area contributed by atoms with Gasteiger partial charge in [0.1, 0.15) is 25.2 Å². The van der Waals surface area contributed by atoms with E-state index in [0.29, 0.717) is 0 Å². The number of halogens is 3. The summed E-state index contributed by atoms with van der Waals surface area (Å²) in [6.07, 6.45) is -2.84. The Balaban J connectivity index is 1.56. The zero-order valence-electron chi connectivity index (χ0n) is 21.3. The number of aromatic amines is 1. The van der Waals surface area contributed by atoms with Gasteiger partial charge in [-0.2, -0.15) is 13.2 Å². The van der Waals surface area contributed by atoms with Crippen LogP contribution in [0.5, 0.6) is 0 Å². The Morgan fingerprint density at radius 1 is 1.10 bits per heavy atom. The first-order chi connectivity index (χ1) is 18.4. The minimum Gasteiger partial charge on any atom is -0.361 e. The molecule has 4 amide bonds.